The maximum atomic E-state index is 10.9. The van der Waals surface area contributed by atoms with Crippen molar-refractivity contribution in [2.24, 2.45) is 5.73 Å². The molecule has 2 rings (SSSR count). The highest BCUT2D eigenvalue weighted by Gasteiger charge is 2.09. The van der Waals surface area contributed by atoms with Gasteiger partial charge in [-0.25, -0.2) is 9.67 Å². The Morgan fingerprint density at radius 2 is 2.31 bits per heavy atom. The number of aromatic nitrogens is 3. The summed E-state index contributed by atoms with van der Waals surface area (Å²) in [5.74, 6) is -0.0410. The Morgan fingerprint density at radius 3 is 2.88 bits per heavy atom. The first-order valence-corrected chi connectivity index (χ1v) is 5.42. The zero-order valence-corrected chi connectivity index (χ0v) is 10.2. The number of nitrogens with zero attached hydrogens (tertiary/aromatic N) is 3. The lowest BCUT2D eigenvalue weighted by atomic mass is 10.4. The number of hydrogen-bond acceptors (Lipinski definition) is 3. The lowest BCUT2D eigenvalue weighted by Gasteiger charge is -2.02. The second-order valence-electron chi connectivity index (χ2n) is 2.97. The van der Waals surface area contributed by atoms with Gasteiger partial charge in [-0.3, -0.25) is 4.79 Å². The SMILES string of the molecule is NC(=O)c1ccn(-c2ncc(Cl)cc2Br)n1. The zero-order valence-electron chi connectivity index (χ0n) is 7.89. The van der Waals surface area contributed by atoms with Crippen LogP contribution in [0.5, 0.6) is 0 Å². The number of carbonyl (C=O) groups excluding carboxylic acids is 1. The van der Waals surface area contributed by atoms with Crippen molar-refractivity contribution in [2.75, 3.05) is 0 Å². The first-order chi connectivity index (χ1) is 7.58. The summed E-state index contributed by atoms with van der Waals surface area (Å²) in [5.41, 5.74) is 5.28. The molecule has 0 aliphatic carbocycles. The van der Waals surface area contributed by atoms with Gasteiger partial charge in [-0.2, -0.15) is 5.10 Å². The van der Waals surface area contributed by atoms with Gasteiger partial charge in [0.15, 0.2) is 5.82 Å². The van der Waals surface area contributed by atoms with E-state index in [1.807, 2.05) is 0 Å². The predicted octanol–water partition coefficient (Wildman–Crippen LogP) is 1.78. The van der Waals surface area contributed by atoms with Gasteiger partial charge in [0, 0.05) is 12.4 Å². The summed E-state index contributed by atoms with van der Waals surface area (Å²) in [6, 6.07) is 3.21. The van der Waals surface area contributed by atoms with E-state index in [1.165, 1.54) is 16.9 Å². The Morgan fingerprint density at radius 1 is 1.56 bits per heavy atom. The maximum Gasteiger partial charge on any atom is 0.269 e. The Bertz CT molecular complexity index is 554. The molecular formula is C9H6BrClN4O. The molecule has 2 aromatic heterocycles. The average molecular weight is 302 g/mol. The maximum absolute atomic E-state index is 10.9. The molecule has 0 aliphatic heterocycles. The summed E-state index contributed by atoms with van der Waals surface area (Å²) in [6.45, 7) is 0. The van der Waals surface area contributed by atoms with Crippen LogP contribution < -0.4 is 5.73 Å². The molecule has 0 atom stereocenters. The molecule has 0 unspecified atom stereocenters. The van der Waals surface area contributed by atoms with Crippen LogP contribution in [0.3, 0.4) is 0 Å². The van der Waals surface area contributed by atoms with Crippen molar-refractivity contribution < 1.29 is 4.79 Å². The minimum absolute atomic E-state index is 0.184. The van der Waals surface area contributed by atoms with E-state index in [0.717, 1.165) is 0 Å². The van der Waals surface area contributed by atoms with Gasteiger partial charge < -0.3 is 5.73 Å². The van der Waals surface area contributed by atoms with Crippen LogP contribution >= 0.6 is 27.5 Å². The third-order valence-electron chi connectivity index (χ3n) is 1.85. The van der Waals surface area contributed by atoms with E-state index in [-0.39, 0.29) is 5.69 Å². The molecule has 2 aromatic rings. The normalized spacial score (nSPS) is 10.4. The van der Waals surface area contributed by atoms with Crippen molar-refractivity contribution >= 4 is 33.4 Å². The molecule has 2 heterocycles. The molecule has 0 saturated carbocycles. The van der Waals surface area contributed by atoms with Crippen LogP contribution in [0.1, 0.15) is 10.5 Å². The third-order valence-corrected chi connectivity index (χ3v) is 2.64. The van der Waals surface area contributed by atoms with Gasteiger partial charge in [0.2, 0.25) is 0 Å². The van der Waals surface area contributed by atoms with Gasteiger partial charge in [-0.05, 0) is 28.1 Å². The molecular weight excluding hydrogens is 295 g/mol. The van der Waals surface area contributed by atoms with Crippen molar-refractivity contribution in [1.29, 1.82) is 0 Å². The molecule has 5 nitrogen and oxygen atoms in total. The molecule has 0 bridgehead atoms. The van der Waals surface area contributed by atoms with Crippen LogP contribution in [0.25, 0.3) is 5.82 Å². The summed E-state index contributed by atoms with van der Waals surface area (Å²) in [4.78, 5) is 15.0. The van der Waals surface area contributed by atoms with Crippen LogP contribution in [0.15, 0.2) is 29.0 Å². The number of carbonyl (C=O) groups is 1. The van der Waals surface area contributed by atoms with Crippen LogP contribution in [-0.2, 0) is 0 Å². The van der Waals surface area contributed by atoms with Crippen molar-refractivity contribution in [2.45, 2.75) is 0 Å². The summed E-state index contributed by atoms with van der Waals surface area (Å²) >= 11 is 9.07. The lowest BCUT2D eigenvalue weighted by molar-refractivity contribution is 0.0995. The van der Waals surface area contributed by atoms with Gasteiger partial charge in [0.1, 0.15) is 5.69 Å². The number of primary amides is 1. The molecule has 0 aliphatic rings. The molecule has 1 amide bonds. The quantitative estimate of drug-likeness (QED) is 0.919. The molecule has 7 heteroatoms. The molecule has 0 spiro atoms. The average Bonchev–Trinajstić information content (AvgIpc) is 2.66. The molecule has 82 valence electrons. The first kappa shape index (κ1) is 11.1. The number of pyridine rings is 1. The van der Waals surface area contributed by atoms with E-state index in [4.69, 9.17) is 17.3 Å². The zero-order chi connectivity index (χ0) is 11.7. The lowest BCUT2D eigenvalue weighted by Crippen LogP contribution is -2.12. The highest BCUT2D eigenvalue weighted by molar-refractivity contribution is 9.10. The van der Waals surface area contributed by atoms with E-state index >= 15 is 0 Å². The fourth-order valence-electron chi connectivity index (χ4n) is 1.15. The number of hydrogen-bond donors (Lipinski definition) is 1. The molecule has 0 aromatic carbocycles. The van der Waals surface area contributed by atoms with Gasteiger partial charge in [-0.15, -0.1) is 0 Å². The van der Waals surface area contributed by atoms with Crippen molar-refractivity contribution in [3.05, 3.63) is 39.7 Å². The molecule has 2 N–H and O–H groups in total. The van der Waals surface area contributed by atoms with Gasteiger partial charge in [0.05, 0.1) is 9.50 Å². The van der Waals surface area contributed by atoms with Crippen molar-refractivity contribution in [3.63, 3.8) is 0 Å². The second-order valence-corrected chi connectivity index (χ2v) is 4.26. The number of nitrogens with two attached hydrogens (primary N) is 1. The van der Waals surface area contributed by atoms with Crippen LogP contribution in [0.2, 0.25) is 5.02 Å². The van der Waals surface area contributed by atoms with E-state index in [0.29, 0.717) is 15.3 Å². The summed E-state index contributed by atoms with van der Waals surface area (Å²) in [7, 11) is 0. The van der Waals surface area contributed by atoms with E-state index in [9.17, 15) is 4.79 Å². The van der Waals surface area contributed by atoms with Crippen LogP contribution in [0.4, 0.5) is 0 Å². The topological polar surface area (TPSA) is 73.8 Å². The predicted molar refractivity (Wildman–Crippen MR) is 62.6 cm³/mol. The minimum atomic E-state index is -0.580. The largest absolute Gasteiger partial charge is 0.364 e. The Hall–Kier alpha value is -1.40. The van der Waals surface area contributed by atoms with Gasteiger partial charge >= 0.3 is 0 Å². The van der Waals surface area contributed by atoms with Crippen molar-refractivity contribution in [1.82, 2.24) is 14.8 Å². The highest BCUT2D eigenvalue weighted by atomic mass is 79.9. The summed E-state index contributed by atoms with van der Waals surface area (Å²) in [6.07, 6.45) is 3.09. The fraction of sp³-hybridized carbons (Fsp3) is 0. The third kappa shape index (κ3) is 2.07. The molecule has 0 saturated heterocycles. The summed E-state index contributed by atoms with van der Waals surface area (Å²) in [5, 5.41) is 4.49. The number of halogens is 2. The number of rotatable bonds is 2. The van der Waals surface area contributed by atoms with E-state index < -0.39 is 5.91 Å². The van der Waals surface area contributed by atoms with E-state index in [1.54, 1.807) is 12.3 Å². The highest BCUT2D eigenvalue weighted by Crippen LogP contribution is 2.21. The van der Waals surface area contributed by atoms with Crippen LogP contribution in [-0.4, -0.2) is 20.7 Å². The van der Waals surface area contributed by atoms with E-state index in [2.05, 4.69) is 26.0 Å². The fourth-order valence-corrected chi connectivity index (χ4v) is 1.97. The molecule has 16 heavy (non-hydrogen) atoms. The Labute approximate surface area is 104 Å². The molecule has 0 radical (unpaired) electrons. The Balaban J connectivity index is 2.46. The standard InChI is InChI=1S/C9H6BrClN4O/c10-6-3-5(11)4-13-9(6)15-2-1-7(14-15)8(12)16/h1-4H,(H2,12,16). The summed E-state index contributed by atoms with van der Waals surface area (Å²) < 4.78 is 2.12. The van der Waals surface area contributed by atoms with Gasteiger partial charge in [-0.1, -0.05) is 11.6 Å². The molecule has 0 fully saturated rings. The number of amides is 1. The minimum Gasteiger partial charge on any atom is -0.364 e. The van der Waals surface area contributed by atoms with Crippen molar-refractivity contribution in [3.8, 4) is 5.82 Å². The Kier molecular flexibility index (Phi) is 2.93. The first-order valence-electron chi connectivity index (χ1n) is 4.25. The second kappa shape index (κ2) is 4.23. The smallest absolute Gasteiger partial charge is 0.269 e. The monoisotopic (exact) mass is 300 g/mol. The van der Waals surface area contributed by atoms with Gasteiger partial charge in [0.25, 0.3) is 5.91 Å². The van der Waals surface area contributed by atoms with Crippen LogP contribution in [0, 0.1) is 0 Å².